The van der Waals surface area contributed by atoms with Crippen LogP contribution in [0.25, 0.3) is 0 Å². The molecule has 8 nitrogen and oxygen atoms in total. The highest BCUT2D eigenvalue weighted by atomic mass is 32.2. The number of nitro groups is 1. The number of phenols is 1. The van der Waals surface area contributed by atoms with E-state index in [0.717, 1.165) is 11.3 Å². The van der Waals surface area contributed by atoms with Crippen molar-refractivity contribution in [2.75, 3.05) is 16.2 Å². The second-order valence-corrected chi connectivity index (χ2v) is 10.6. The quantitative estimate of drug-likeness (QED) is 0.273. The molecule has 0 saturated heterocycles. The van der Waals surface area contributed by atoms with Crippen LogP contribution >= 0.6 is 0 Å². The highest BCUT2D eigenvalue weighted by Crippen LogP contribution is 2.51. The van der Waals surface area contributed by atoms with Crippen molar-refractivity contribution in [3.8, 4) is 5.75 Å². The van der Waals surface area contributed by atoms with Crippen LogP contribution in [0.3, 0.4) is 0 Å². The van der Waals surface area contributed by atoms with Gasteiger partial charge in [0.2, 0.25) is 0 Å². The first kappa shape index (κ1) is 22.9. The minimum Gasteiger partial charge on any atom is -0.508 e. The molecule has 0 amide bonds. The van der Waals surface area contributed by atoms with Gasteiger partial charge in [-0.3, -0.25) is 14.4 Å². The number of rotatable bonds is 6. The van der Waals surface area contributed by atoms with E-state index in [1.54, 1.807) is 37.3 Å². The summed E-state index contributed by atoms with van der Waals surface area (Å²) in [4.78, 5) is 11.0. The predicted molar refractivity (Wildman–Crippen MR) is 134 cm³/mol. The summed E-state index contributed by atoms with van der Waals surface area (Å²) in [5.41, 5.74) is 2.58. The monoisotopic (exact) mass is 491 g/mol. The molecule has 1 aliphatic heterocycles. The smallest absolute Gasteiger partial charge is 0.270 e. The van der Waals surface area contributed by atoms with Crippen molar-refractivity contribution >= 4 is 27.1 Å². The van der Waals surface area contributed by atoms with Crippen molar-refractivity contribution < 1.29 is 18.4 Å². The van der Waals surface area contributed by atoms with Crippen LogP contribution < -0.4 is 9.62 Å². The number of phenolic OH excluding ortho intramolecular Hbond substituents is 1. The Bertz CT molecular complexity index is 1420. The Kier molecular flexibility index (Phi) is 5.72. The molecule has 0 aromatic heterocycles. The number of sulfonamides is 1. The van der Waals surface area contributed by atoms with E-state index in [1.165, 1.54) is 22.5 Å². The number of hydrogen-bond acceptors (Lipinski definition) is 6. The van der Waals surface area contributed by atoms with Crippen LogP contribution in [-0.4, -0.2) is 25.0 Å². The maximum atomic E-state index is 13.6. The molecule has 1 heterocycles. The summed E-state index contributed by atoms with van der Waals surface area (Å²) in [5, 5.41) is 25.2. The minimum absolute atomic E-state index is 0.0113. The highest BCUT2D eigenvalue weighted by molar-refractivity contribution is 7.92. The maximum Gasteiger partial charge on any atom is 0.270 e. The van der Waals surface area contributed by atoms with Crippen molar-refractivity contribution in [3.05, 3.63) is 100 Å². The summed E-state index contributed by atoms with van der Waals surface area (Å²) in [6.07, 6.45) is 4.79. The maximum absolute atomic E-state index is 13.6. The molecule has 9 heteroatoms. The van der Waals surface area contributed by atoms with Gasteiger partial charge in [-0.25, -0.2) is 8.42 Å². The number of nitro benzene ring substituents is 1. The zero-order valence-electron chi connectivity index (χ0n) is 19.0. The average molecular weight is 492 g/mol. The molecule has 0 fully saturated rings. The Morgan fingerprint density at radius 3 is 2.57 bits per heavy atom. The molecule has 3 unspecified atom stereocenters. The third-order valence-electron chi connectivity index (χ3n) is 6.81. The van der Waals surface area contributed by atoms with Gasteiger partial charge in [-0.05, 0) is 61.2 Å². The van der Waals surface area contributed by atoms with Crippen molar-refractivity contribution in [1.29, 1.82) is 0 Å². The number of nitrogens with one attached hydrogen (secondary N) is 1. The number of fused-ring (bicyclic) bond motifs is 3. The molecule has 3 aromatic carbocycles. The van der Waals surface area contributed by atoms with Gasteiger partial charge in [0.05, 0.1) is 21.5 Å². The molecule has 35 heavy (non-hydrogen) atoms. The largest absolute Gasteiger partial charge is 0.508 e. The number of para-hydroxylation sites is 1. The van der Waals surface area contributed by atoms with Crippen LogP contribution in [0.1, 0.15) is 36.4 Å². The van der Waals surface area contributed by atoms with Crippen LogP contribution in [0.15, 0.2) is 83.8 Å². The van der Waals surface area contributed by atoms with Gasteiger partial charge in [-0.2, -0.15) is 0 Å². The number of anilines is 2. The van der Waals surface area contributed by atoms with E-state index in [9.17, 15) is 23.6 Å². The van der Waals surface area contributed by atoms with Gasteiger partial charge in [0, 0.05) is 35.8 Å². The van der Waals surface area contributed by atoms with Crippen LogP contribution in [-0.2, 0) is 10.0 Å². The number of allylic oxidation sites excluding steroid dienone is 2. The zero-order chi connectivity index (χ0) is 24.7. The molecule has 1 aliphatic carbocycles. The number of hydrogen-bond donors (Lipinski definition) is 2. The summed E-state index contributed by atoms with van der Waals surface area (Å²) in [5.74, 6) is -0.121. The lowest BCUT2D eigenvalue weighted by atomic mass is 9.77. The number of benzene rings is 3. The fourth-order valence-corrected chi connectivity index (χ4v) is 6.67. The van der Waals surface area contributed by atoms with Gasteiger partial charge < -0.3 is 10.4 Å². The third kappa shape index (κ3) is 3.91. The second kappa shape index (κ2) is 8.74. The molecule has 3 aromatic rings. The number of aromatic hydroxyl groups is 1. The Morgan fingerprint density at radius 1 is 1.09 bits per heavy atom. The lowest BCUT2D eigenvalue weighted by molar-refractivity contribution is -0.385. The predicted octanol–water partition coefficient (Wildman–Crippen LogP) is 5.34. The van der Waals surface area contributed by atoms with Gasteiger partial charge in [0.1, 0.15) is 5.75 Å². The van der Waals surface area contributed by atoms with E-state index in [-0.39, 0.29) is 34.2 Å². The lowest BCUT2D eigenvalue weighted by Crippen LogP contribution is -2.32. The van der Waals surface area contributed by atoms with Crippen LogP contribution in [0.2, 0.25) is 0 Å². The van der Waals surface area contributed by atoms with Gasteiger partial charge >= 0.3 is 0 Å². The van der Waals surface area contributed by atoms with Gasteiger partial charge in [0.15, 0.2) is 0 Å². The van der Waals surface area contributed by atoms with Crippen LogP contribution in [0.4, 0.5) is 17.1 Å². The normalized spacial score (nSPS) is 20.5. The average Bonchev–Trinajstić information content (AvgIpc) is 3.35. The van der Waals surface area contributed by atoms with E-state index < -0.39 is 14.9 Å². The van der Waals surface area contributed by atoms with Gasteiger partial charge in [-0.1, -0.05) is 30.4 Å². The molecule has 180 valence electrons. The number of nitrogens with zero attached hydrogens (tertiary/aromatic N) is 2. The molecule has 2 N–H and O–H groups in total. The van der Waals surface area contributed by atoms with Crippen LogP contribution in [0, 0.1) is 16.0 Å². The Balaban J connectivity index is 1.55. The first-order chi connectivity index (χ1) is 16.8. The molecule has 5 rings (SSSR count). The second-order valence-electron chi connectivity index (χ2n) is 8.73. The SMILES string of the molecule is CCN(c1ccccc1)S(=O)(=O)c1ccc2c(c1)C1C=CCC1C(c1cc([N+](=O)[O-])ccc1O)N2. The van der Waals surface area contributed by atoms with Crippen molar-refractivity contribution in [2.45, 2.75) is 30.2 Å². The first-order valence-corrected chi connectivity index (χ1v) is 12.9. The Labute approximate surface area is 203 Å². The van der Waals surface area contributed by atoms with E-state index in [4.69, 9.17) is 0 Å². The molecular formula is C26H25N3O5S. The summed E-state index contributed by atoms with van der Waals surface area (Å²) >= 11 is 0. The molecule has 3 atom stereocenters. The van der Waals surface area contributed by atoms with E-state index in [2.05, 4.69) is 11.4 Å². The summed E-state index contributed by atoms with van der Waals surface area (Å²) in [6.45, 7) is 2.10. The van der Waals surface area contributed by atoms with E-state index >= 15 is 0 Å². The molecule has 0 spiro atoms. The Morgan fingerprint density at radius 2 is 1.86 bits per heavy atom. The zero-order valence-corrected chi connectivity index (χ0v) is 19.9. The summed E-state index contributed by atoms with van der Waals surface area (Å²) in [6, 6.07) is 17.7. The van der Waals surface area contributed by atoms with Gasteiger partial charge in [0.25, 0.3) is 15.7 Å². The topological polar surface area (TPSA) is 113 Å². The molecular weight excluding hydrogens is 466 g/mol. The first-order valence-electron chi connectivity index (χ1n) is 11.4. The highest BCUT2D eigenvalue weighted by Gasteiger charge is 2.40. The summed E-state index contributed by atoms with van der Waals surface area (Å²) in [7, 11) is -3.79. The van der Waals surface area contributed by atoms with Crippen molar-refractivity contribution in [3.63, 3.8) is 0 Å². The standard InChI is InChI=1S/C26H25N3O5S/c1-2-28(17-7-4-3-5-8-17)35(33,34)19-12-13-24-22(16-19)20-9-6-10-21(20)26(27-24)23-15-18(29(31)32)11-14-25(23)30/h3-9,11-16,20-21,26-27,30H,2,10H2,1H3. The van der Waals surface area contributed by atoms with Crippen molar-refractivity contribution in [1.82, 2.24) is 0 Å². The third-order valence-corrected chi connectivity index (χ3v) is 8.71. The van der Waals surface area contributed by atoms with Gasteiger partial charge in [-0.15, -0.1) is 0 Å². The molecule has 0 radical (unpaired) electrons. The molecule has 0 saturated carbocycles. The summed E-state index contributed by atoms with van der Waals surface area (Å²) < 4.78 is 28.5. The molecule has 2 aliphatic rings. The van der Waals surface area contributed by atoms with E-state index in [1.807, 2.05) is 24.3 Å². The Hall–Kier alpha value is -3.85. The fourth-order valence-electron chi connectivity index (χ4n) is 5.16. The molecule has 0 bridgehead atoms. The lowest BCUT2D eigenvalue weighted by Gasteiger charge is -2.38. The fraction of sp³-hybridized carbons (Fsp3) is 0.231. The van der Waals surface area contributed by atoms with Crippen molar-refractivity contribution in [2.24, 2.45) is 5.92 Å². The van der Waals surface area contributed by atoms with Crippen LogP contribution in [0.5, 0.6) is 5.75 Å². The number of non-ortho nitro benzene ring substituents is 1. The van der Waals surface area contributed by atoms with E-state index in [0.29, 0.717) is 24.2 Å². The minimum atomic E-state index is -3.79.